The number of carbonyl (C=O) groups is 2. The Hall–Kier alpha value is -1.10. The molecule has 0 aliphatic carbocycles. The van der Waals surface area contributed by atoms with Gasteiger partial charge in [0.25, 0.3) is 0 Å². The summed E-state index contributed by atoms with van der Waals surface area (Å²) in [5.74, 6) is -0.903. The number of carboxylic acids is 1. The Labute approximate surface area is 108 Å². The molecule has 2 saturated heterocycles. The summed E-state index contributed by atoms with van der Waals surface area (Å²) < 4.78 is 0. The van der Waals surface area contributed by atoms with Crippen LogP contribution in [0.1, 0.15) is 33.1 Å². The van der Waals surface area contributed by atoms with Gasteiger partial charge in [-0.25, -0.2) is 4.79 Å². The molecule has 5 nitrogen and oxygen atoms in total. The molecule has 2 atom stereocenters. The highest BCUT2D eigenvalue weighted by Crippen LogP contribution is 2.36. The molecule has 0 aromatic carbocycles. The number of nitrogens with one attached hydrogen (secondary N) is 1. The van der Waals surface area contributed by atoms with E-state index in [0.717, 1.165) is 25.8 Å². The number of nitrogens with zero attached hydrogens (tertiary/aromatic N) is 1. The third-order valence-corrected chi connectivity index (χ3v) is 4.20. The van der Waals surface area contributed by atoms with Crippen LogP contribution in [0.25, 0.3) is 0 Å². The second-order valence-electron chi connectivity index (χ2n) is 6.05. The highest BCUT2D eigenvalue weighted by atomic mass is 16.4. The lowest BCUT2D eigenvalue weighted by Crippen LogP contribution is -2.57. The number of carbonyl (C=O) groups excluding carboxylic acids is 1. The van der Waals surface area contributed by atoms with Crippen LogP contribution in [0.3, 0.4) is 0 Å². The van der Waals surface area contributed by atoms with Gasteiger partial charge in [0, 0.05) is 13.1 Å². The summed E-state index contributed by atoms with van der Waals surface area (Å²) in [6, 6.07) is -0.681. The number of amides is 1. The molecule has 0 aromatic heterocycles. The number of carboxylic acid groups (broad SMARTS) is 1. The molecule has 102 valence electrons. The molecule has 0 aromatic rings. The minimum absolute atomic E-state index is 0.0141. The standard InChI is InChI=1S/C13H22N2O3/c1-13(2)5-3-7-15(10(13)12(17)18)11(16)9-4-6-14-8-9/h9-10,14H,3-8H2,1-2H3,(H,17,18). The Morgan fingerprint density at radius 1 is 1.39 bits per heavy atom. The monoisotopic (exact) mass is 254 g/mol. The van der Waals surface area contributed by atoms with Crippen LogP contribution in [0.15, 0.2) is 0 Å². The number of aliphatic carboxylic acids is 1. The maximum absolute atomic E-state index is 12.4. The molecule has 2 aliphatic rings. The molecular formula is C13H22N2O3. The molecule has 2 fully saturated rings. The second-order valence-corrected chi connectivity index (χ2v) is 6.05. The third-order valence-electron chi connectivity index (χ3n) is 4.20. The van der Waals surface area contributed by atoms with Gasteiger partial charge in [-0.05, 0) is 31.2 Å². The molecule has 0 radical (unpaired) electrons. The molecule has 2 aliphatic heterocycles. The van der Waals surface area contributed by atoms with E-state index >= 15 is 0 Å². The SMILES string of the molecule is CC1(C)CCCN(C(=O)C2CCNC2)C1C(=O)O. The molecule has 1 amide bonds. The summed E-state index contributed by atoms with van der Waals surface area (Å²) in [6.45, 7) is 6.00. The van der Waals surface area contributed by atoms with Crippen LogP contribution < -0.4 is 5.32 Å². The van der Waals surface area contributed by atoms with E-state index in [1.54, 1.807) is 4.90 Å². The summed E-state index contributed by atoms with van der Waals surface area (Å²) in [6.07, 6.45) is 2.57. The van der Waals surface area contributed by atoms with Gasteiger partial charge in [0.1, 0.15) is 6.04 Å². The first-order valence-electron chi connectivity index (χ1n) is 6.67. The molecular weight excluding hydrogens is 232 g/mol. The van der Waals surface area contributed by atoms with Gasteiger partial charge in [-0.15, -0.1) is 0 Å². The largest absolute Gasteiger partial charge is 0.480 e. The van der Waals surface area contributed by atoms with Gasteiger partial charge >= 0.3 is 5.97 Å². The van der Waals surface area contributed by atoms with Crippen molar-refractivity contribution in [3.05, 3.63) is 0 Å². The van der Waals surface area contributed by atoms with E-state index in [9.17, 15) is 14.7 Å². The Kier molecular flexibility index (Phi) is 3.61. The first kappa shape index (κ1) is 13.3. The van der Waals surface area contributed by atoms with E-state index in [4.69, 9.17) is 0 Å². The predicted molar refractivity (Wildman–Crippen MR) is 67.1 cm³/mol. The Bertz CT molecular complexity index is 348. The fourth-order valence-electron chi connectivity index (χ4n) is 3.20. The van der Waals surface area contributed by atoms with Crippen LogP contribution in [-0.2, 0) is 9.59 Å². The summed E-state index contributed by atoms with van der Waals surface area (Å²) in [7, 11) is 0. The number of hydrogen-bond acceptors (Lipinski definition) is 3. The quantitative estimate of drug-likeness (QED) is 0.761. The molecule has 5 heteroatoms. The number of piperidine rings is 1. The first-order valence-corrected chi connectivity index (χ1v) is 6.67. The van der Waals surface area contributed by atoms with Crippen LogP contribution in [0, 0.1) is 11.3 Å². The van der Waals surface area contributed by atoms with Crippen molar-refractivity contribution in [3.63, 3.8) is 0 Å². The average Bonchev–Trinajstić information content (AvgIpc) is 2.79. The van der Waals surface area contributed by atoms with E-state index < -0.39 is 12.0 Å². The smallest absolute Gasteiger partial charge is 0.326 e. The van der Waals surface area contributed by atoms with E-state index in [1.807, 2.05) is 13.8 Å². The van der Waals surface area contributed by atoms with Crippen molar-refractivity contribution in [1.82, 2.24) is 10.2 Å². The Morgan fingerprint density at radius 3 is 2.67 bits per heavy atom. The van der Waals surface area contributed by atoms with Gasteiger partial charge in [-0.2, -0.15) is 0 Å². The molecule has 2 unspecified atom stereocenters. The summed E-state index contributed by atoms with van der Waals surface area (Å²) in [5, 5.41) is 12.6. The van der Waals surface area contributed by atoms with Crippen LogP contribution >= 0.6 is 0 Å². The normalized spacial score (nSPS) is 31.3. The van der Waals surface area contributed by atoms with Crippen LogP contribution in [0.2, 0.25) is 0 Å². The molecule has 18 heavy (non-hydrogen) atoms. The Balaban J connectivity index is 2.18. The van der Waals surface area contributed by atoms with Gasteiger partial charge < -0.3 is 15.3 Å². The van der Waals surface area contributed by atoms with Crippen LogP contribution in [0.5, 0.6) is 0 Å². The van der Waals surface area contributed by atoms with E-state index in [1.165, 1.54) is 0 Å². The molecule has 0 spiro atoms. The van der Waals surface area contributed by atoms with Crippen LogP contribution in [-0.4, -0.2) is 47.6 Å². The van der Waals surface area contributed by atoms with Crippen molar-refractivity contribution in [2.75, 3.05) is 19.6 Å². The van der Waals surface area contributed by atoms with Gasteiger partial charge in [0.2, 0.25) is 5.91 Å². The zero-order valence-corrected chi connectivity index (χ0v) is 11.1. The fraction of sp³-hybridized carbons (Fsp3) is 0.846. The topological polar surface area (TPSA) is 69.6 Å². The lowest BCUT2D eigenvalue weighted by molar-refractivity contribution is -0.160. The highest BCUT2D eigenvalue weighted by Gasteiger charge is 2.45. The van der Waals surface area contributed by atoms with Gasteiger partial charge in [0.05, 0.1) is 5.92 Å². The van der Waals surface area contributed by atoms with Gasteiger partial charge in [-0.3, -0.25) is 4.79 Å². The van der Waals surface area contributed by atoms with Crippen molar-refractivity contribution < 1.29 is 14.7 Å². The van der Waals surface area contributed by atoms with Crippen molar-refractivity contribution in [2.45, 2.75) is 39.2 Å². The van der Waals surface area contributed by atoms with Gasteiger partial charge in [-0.1, -0.05) is 13.8 Å². The summed E-state index contributed by atoms with van der Waals surface area (Å²) in [4.78, 5) is 25.5. The van der Waals surface area contributed by atoms with Crippen molar-refractivity contribution in [1.29, 1.82) is 0 Å². The fourth-order valence-corrected chi connectivity index (χ4v) is 3.20. The maximum Gasteiger partial charge on any atom is 0.326 e. The summed E-state index contributed by atoms with van der Waals surface area (Å²) in [5.41, 5.74) is -0.341. The number of hydrogen-bond donors (Lipinski definition) is 2. The lowest BCUT2D eigenvalue weighted by atomic mass is 9.76. The van der Waals surface area contributed by atoms with Crippen molar-refractivity contribution in [2.24, 2.45) is 11.3 Å². The molecule has 0 saturated carbocycles. The number of rotatable bonds is 2. The van der Waals surface area contributed by atoms with E-state index in [-0.39, 0.29) is 17.2 Å². The van der Waals surface area contributed by atoms with Crippen molar-refractivity contribution in [3.8, 4) is 0 Å². The third kappa shape index (κ3) is 2.36. The van der Waals surface area contributed by atoms with Crippen LogP contribution in [0.4, 0.5) is 0 Å². The summed E-state index contributed by atoms with van der Waals surface area (Å²) >= 11 is 0. The first-order chi connectivity index (χ1) is 8.43. The maximum atomic E-state index is 12.4. The molecule has 2 rings (SSSR count). The predicted octanol–water partition coefficient (Wildman–Crippen LogP) is 0.698. The highest BCUT2D eigenvalue weighted by molar-refractivity contribution is 5.86. The minimum atomic E-state index is -0.876. The molecule has 2 heterocycles. The zero-order valence-electron chi connectivity index (χ0n) is 11.1. The van der Waals surface area contributed by atoms with E-state index in [0.29, 0.717) is 13.1 Å². The van der Waals surface area contributed by atoms with Gasteiger partial charge in [0.15, 0.2) is 0 Å². The second kappa shape index (κ2) is 4.88. The Morgan fingerprint density at radius 2 is 2.11 bits per heavy atom. The minimum Gasteiger partial charge on any atom is -0.480 e. The average molecular weight is 254 g/mol. The zero-order chi connectivity index (χ0) is 13.3. The van der Waals surface area contributed by atoms with E-state index in [2.05, 4.69) is 5.32 Å². The van der Waals surface area contributed by atoms with Crippen molar-refractivity contribution >= 4 is 11.9 Å². The molecule has 2 N–H and O–H groups in total. The number of likely N-dealkylation sites (tertiary alicyclic amines) is 1. The molecule has 0 bridgehead atoms. The lowest BCUT2D eigenvalue weighted by Gasteiger charge is -2.44.